The number of fused-ring (bicyclic) bond motifs is 1. The van der Waals surface area contributed by atoms with E-state index in [0.29, 0.717) is 31.2 Å². The lowest BCUT2D eigenvalue weighted by molar-refractivity contribution is -0.140. The van der Waals surface area contributed by atoms with Gasteiger partial charge in [-0.15, -0.1) is 14.8 Å². The largest absolute Gasteiger partial charge is 0.469 e. The minimum absolute atomic E-state index is 0.268. The number of anilines is 1. The van der Waals surface area contributed by atoms with Gasteiger partial charge in [0.2, 0.25) is 0 Å². The van der Waals surface area contributed by atoms with Crippen LogP contribution in [0, 0.1) is 0 Å². The molecule has 9 nitrogen and oxygen atoms in total. The van der Waals surface area contributed by atoms with E-state index in [-0.39, 0.29) is 12.4 Å². The Morgan fingerprint density at radius 2 is 2.20 bits per heavy atom. The molecule has 0 aliphatic heterocycles. The fourth-order valence-corrected chi connectivity index (χ4v) is 1.68. The van der Waals surface area contributed by atoms with Gasteiger partial charge in [0, 0.05) is 20.2 Å². The van der Waals surface area contributed by atoms with Crippen LogP contribution in [-0.2, 0) is 14.3 Å². The predicted octanol–water partition coefficient (Wildman–Crippen LogP) is -0.465. The summed E-state index contributed by atoms with van der Waals surface area (Å²) in [6.45, 7) is 1.61. The summed E-state index contributed by atoms with van der Waals surface area (Å²) in [5, 5.41) is 15.4. The van der Waals surface area contributed by atoms with Crippen LogP contribution >= 0.6 is 0 Å². The quantitative estimate of drug-likeness (QED) is 0.628. The van der Waals surface area contributed by atoms with Crippen molar-refractivity contribution in [1.29, 1.82) is 0 Å². The van der Waals surface area contributed by atoms with Gasteiger partial charge in [-0.1, -0.05) is 0 Å². The van der Waals surface area contributed by atoms with E-state index in [1.807, 2.05) is 4.90 Å². The molecule has 2 rings (SSSR count). The summed E-state index contributed by atoms with van der Waals surface area (Å²) in [6, 6.07) is 3.57. The molecule has 0 atom stereocenters. The van der Waals surface area contributed by atoms with Crippen LogP contribution in [0.3, 0.4) is 0 Å². The average Bonchev–Trinajstić information content (AvgIpc) is 2.94. The van der Waals surface area contributed by atoms with Crippen LogP contribution in [0.25, 0.3) is 5.65 Å². The van der Waals surface area contributed by atoms with E-state index in [1.165, 1.54) is 11.7 Å². The highest BCUT2D eigenvalue weighted by Gasteiger charge is 2.12. The first-order valence-corrected chi connectivity index (χ1v) is 6.10. The second kappa shape index (κ2) is 6.75. The average molecular weight is 280 g/mol. The zero-order chi connectivity index (χ0) is 14.4. The molecule has 0 unspecified atom stereocenters. The normalized spacial score (nSPS) is 10.7. The van der Waals surface area contributed by atoms with Gasteiger partial charge in [-0.3, -0.25) is 4.79 Å². The Morgan fingerprint density at radius 1 is 1.35 bits per heavy atom. The van der Waals surface area contributed by atoms with Crippen molar-refractivity contribution in [3.05, 3.63) is 12.1 Å². The number of aromatic nitrogens is 5. The van der Waals surface area contributed by atoms with E-state index in [2.05, 4.69) is 25.4 Å². The summed E-state index contributed by atoms with van der Waals surface area (Å²) in [6.07, 6.45) is 0.273. The van der Waals surface area contributed by atoms with Crippen LogP contribution in [0.5, 0.6) is 0 Å². The number of tetrazole rings is 1. The number of nitrogens with zero attached hydrogens (tertiary/aromatic N) is 6. The van der Waals surface area contributed by atoms with Gasteiger partial charge in [-0.2, -0.15) is 0 Å². The Labute approximate surface area is 115 Å². The van der Waals surface area contributed by atoms with E-state index >= 15 is 0 Å². The first-order valence-electron chi connectivity index (χ1n) is 6.10. The van der Waals surface area contributed by atoms with Crippen molar-refractivity contribution >= 4 is 17.4 Å². The highest BCUT2D eigenvalue weighted by atomic mass is 16.5. The number of carbonyl (C=O) groups excluding carboxylic acids is 1. The fourth-order valence-electron chi connectivity index (χ4n) is 1.68. The summed E-state index contributed by atoms with van der Waals surface area (Å²) >= 11 is 0. The Morgan fingerprint density at radius 3 is 2.95 bits per heavy atom. The molecule has 2 aromatic heterocycles. The third-order valence-corrected chi connectivity index (χ3v) is 2.76. The van der Waals surface area contributed by atoms with Crippen LogP contribution < -0.4 is 4.90 Å². The number of rotatable bonds is 7. The molecule has 9 heteroatoms. The van der Waals surface area contributed by atoms with Crippen molar-refractivity contribution < 1.29 is 14.3 Å². The Balaban J connectivity index is 2.13. The molecule has 0 spiro atoms. The van der Waals surface area contributed by atoms with E-state index in [0.717, 1.165) is 0 Å². The number of methoxy groups -OCH3 is 2. The van der Waals surface area contributed by atoms with Crippen LogP contribution in [-0.4, -0.2) is 65.1 Å². The van der Waals surface area contributed by atoms with Gasteiger partial charge in [0.25, 0.3) is 0 Å². The molecule has 0 bridgehead atoms. The van der Waals surface area contributed by atoms with Crippen molar-refractivity contribution in [2.75, 3.05) is 38.8 Å². The van der Waals surface area contributed by atoms with Gasteiger partial charge >= 0.3 is 5.97 Å². The SMILES string of the molecule is COCCN(CCC(=O)OC)c1ccc2nnnn2n1. The zero-order valence-corrected chi connectivity index (χ0v) is 11.4. The topological polar surface area (TPSA) is 94.7 Å². The summed E-state index contributed by atoms with van der Waals surface area (Å²) in [7, 11) is 2.99. The molecule has 2 aromatic rings. The molecule has 0 amide bonds. The van der Waals surface area contributed by atoms with Crippen LogP contribution in [0.15, 0.2) is 12.1 Å². The van der Waals surface area contributed by atoms with Crippen LogP contribution in [0.1, 0.15) is 6.42 Å². The van der Waals surface area contributed by atoms with Crippen molar-refractivity contribution in [1.82, 2.24) is 25.3 Å². The minimum atomic E-state index is -0.268. The van der Waals surface area contributed by atoms with Crippen molar-refractivity contribution in [3.8, 4) is 0 Å². The van der Waals surface area contributed by atoms with Crippen molar-refractivity contribution in [2.24, 2.45) is 0 Å². The molecule has 2 heterocycles. The molecule has 20 heavy (non-hydrogen) atoms. The Bertz CT molecular complexity index is 572. The highest BCUT2D eigenvalue weighted by Crippen LogP contribution is 2.11. The lowest BCUT2D eigenvalue weighted by Crippen LogP contribution is -2.31. The maximum absolute atomic E-state index is 11.3. The number of hydrogen-bond donors (Lipinski definition) is 0. The molecular formula is C11H16N6O3. The third-order valence-electron chi connectivity index (χ3n) is 2.76. The predicted molar refractivity (Wildman–Crippen MR) is 69.3 cm³/mol. The standard InChI is InChI=1S/C11H16N6O3/c1-19-8-7-16(6-5-11(18)20-2)10-4-3-9-12-14-15-17(9)13-10/h3-4H,5-8H2,1-2H3. The van der Waals surface area contributed by atoms with E-state index in [1.54, 1.807) is 19.2 Å². The van der Waals surface area contributed by atoms with Crippen molar-refractivity contribution in [2.45, 2.75) is 6.42 Å². The van der Waals surface area contributed by atoms with Gasteiger partial charge < -0.3 is 14.4 Å². The summed E-state index contributed by atoms with van der Waals surface area (Å²) < 4.78 is 11.1. The molecule has 108 valence electrons. The lowest BCUT2D eigenvalue weighted by Gasteiger charge is -2.22. The van der Waals surface area contributed by atoms with Crippen LogP contribution in [0.2, 0.25) is 0 Å². The zero-order valence-electron chi connectivity index (χ0n) is 11.4. The molecular weight excluding hydrogens is 264 g/mol. The van der Waals surface area contributed by atoms with Gasteiger partial charge in [0.15, 0.2) is 11.5 Å². The molecule has 0 saturated heterocycles. The molecule has 0 aliphatic rings. The first-order chi connectivity index (χ1) is 9.74. The monoisotopic (exact) mass is 280 g/mol. The molecule has 0 fully saturated rings. The second-order valence-corrected chi connectivity index (χ2v) is 4.02. The second-order valence-electron chi connectivity index (χ2n) is 4.02. The van der Waals surface area contributed by atoms with E-state index < -0.39 is 0 Å². The smallest absolute Gasteiger partial charge is 0.307 e. The van der Waals surface area contributed by atoms with Gasteiger partial charge in [-0.25, -0.2) is 0 Å². The number of ether oxygens (including phenoxy) is 2. The first kappa shape index (κ1) is 14.1. The van der Waals surface area contributed by atoms with Crippen LogP contribution in [0.4, 0.5) is 5.82 Å². The maximum atomic E-state index is 11.3. The minimum Gasteiger partial charge on any atom is -0.469 e. The summed E-state index contributed by atoms with van der Waals surface area (Å²) in [5.41, 5.74) is 0.563. The lowest BCUT2D eigenvalue weighted by atomic mass is 10.3. The molecule has 0 aromatic carbocycles. The third kappa shape index (κ3) is 3.38. The van der Waals surface area contributed by atoms with Gasteiger partial charge in [0.1, 0.15) is 0 Å². The summed E-state index contributed by atoms with van der Waals surface area (Å²) in [5.74, 6) is 0.404. The molecule has 0 saturated carbocycles. The van der Waals surface area contributed by atoms with Gasteiger partial charge in [0.05, 0.1) is 20.1 Å². The van der Waals surface area contributed by atoms with E-state index in [4.69, 9.17) is 4.74 Å². The Hall–Kier alpha value is -2.29. The Kier molecular flexibility index (Phi) is 4.77. The highest BCUT2D eigenvalue weighted by molar-refractivity contribution is 5.69. The number of hydrogen-bond acceptors (Lipinski definition) is 8. The van der Waals surface area contributed by atoms with E-state index in [9.17, 15) is 4.79 Å². The fraction of sp³-hybridized carbons (Fsp3) is 0.545. The van der Waals surface area contributed by atoms with Gasteiger partial charge in [-0.05, 0) is 22.6 Å². The number of esters is 1. The molecule has 0 aliphatic carbocycles. The molecule has 0 radical (unpaired) electrons. The number of carbonyl (C=O) groups is 1. The van der Waals surface area contributed by atoms with Crippen molar-refractivity contribution in [3.63, 3.8) is 0 Å². The molecule has 0 N–H and O–H groups in total. The maximum Gasteiger partial charge on any atom is 0.307 e. The summed E-state index contributed by atoms with van der Waals surface area (Å²) in [4.78, 5) is 13.2.